The van der Waals surface area contributed by atoms with Gasteiger partial charge in [-0.25, -0.2) is 9.37 Å². The lowest BCUT2D eigenvalue weighted by Gasteiger charge is -2.43. The van der Waals surface area contributed by atoms with Crippen molar-refractivity contribution in [3.05, 3.63) is 94.9 Å². The second kappa shape index (κ2) is 21.5. The standard InChI is InChI=1S/C50H57ClFN10O6P/c1-32(52)47(64)55-39-28-40(56-50-53-30-37(51)46(58-50)54-38-12-8-9-13-44(38)69(3,4)67)43(68-2)29-42(39)61-21-18-35(19-22-61)60-25-23-59(24-26-60)20-10-6-5-7-11-33-14-15-36-34(27-33)31-62(49(36)66)41-16-17-45(63)57-48(41)65/h8-9,12-15,27-30,35,41H,1,5-6,10,16-26,31H2,2-4H3,(H,55,64)(H,57,63,65)(H2,53,54,56,58). The Morgan fingerprint density at radius 1 is 0.971 bits per heavy atom. The fourth-order valence-electron chi connectivity index (χ4n) is 9.39. The van der Waals surface area contributed by atoms with Crippen molar-refractivity contribution < 1.29 is 32.9 Å². The second-order valence-electron chi connectivity index (χ2n) is 18.1. The molecule has 0 saturated carbocycles. The van der Waals surface area contributed by atoms with E-state index in [4.69, 9.17) is 16.3 Å². The zero-order chi connectivity index (χ0) is 48.8. The van der Waals surface area contributed by atoms with Gasteiger partial charge in [-0.1, -0.05) is 42.2 Å². The largest absolute Gasteiger partial charge is 0.494 e. The molecule has 0 bridgehead atoms. The van der Waals surface area contributed by atoms with Gasteiger partial charge in [0.15, 0.2) is 11.6 Å². The molecule has 16 nitrogen and oxygen atoms in total. The minimum atomic E-state index is -2.64. The third kappa shape index (κ3) is 11.8. The maximum atomic E-state index is 14.1. The predicted octanol–water partition coefficient (Wildman–Crippen LogP) is 6.86. The summed E-state index contributed by atoms with van der Waals surface area (Å²) >= 11 is 6.51. The van der Waals surface area contributed by atoms with Gasteiger partial charge in [0.25, 0.3) is 11.8 Å². The van der Waals surface area contributed by atoms with Gasteiger partial charge in [-0.2, -0.15) is 4.98 Å². The summed E-state index contributed by atoms with van der Waals surface area (Å²) in [6.07, 6.45) is 6.61. The zero-order valence-corrected chi connectivity index (χ0v) is 40.7. The normalized spacial score (nSPS) is 18.0. The Labute approximate surface area is 406 Å². The first kappa shape index (κ1) is 49.1. The van der Waals surface area contributed by atoms with E-state index in [9.17, 15) is 28.1 Å². The van der Waals surface area contributed by atoms with E-state index in [1.54, 1.807) is 42.5 Å². The number of carbonyl (C=O) groups is 4. The second-order valence-corrected chi connectivity index (χ2v) is 21.7. The number of nitrogens with zero attached hydrogens (tertiary/aromatic N) is 6. The number of carbonyl (C=O) groups excluding carboxylic acids is 4. The first-order valence-electron chi connectivity index (χ1n) is 23.2. The van der Waals surface area contributed by atoms with Gasteiger partial charge in [-0.05, 0) is 93.9 Å². The monoisotopic (exact) mass is 978 g/mol. The summed E-state index contributed by atoms with van der Waals surface area (Å²) in [5.74, 6) is 4.46. The van der Waals surface area contributed by atoms with Crippen LogP contribution in [-0.4, -0.2) is 127 Å². The van der Waals surface area contributed by atoms with Crippen LogP contribution in [-0.2, 0) is 25.5 Å². The van der Waals surface area contributed by atoms with Gasteiger partial charge in [0.1, 0.15) is 24.0 Å². The number of methoxy groups -OCH3 is 1. The summed E-state index contributed by atoms with van der Waals surface area (Å²) in [7, 11) is -1.10. The molecule has 0 radical (unpaired) electrons. The number of hydrogen-bond acceptors (Lipinski definition) is 13. The number of anilines is 6. The number of piperidine rings is 2. The van der Waals surface area contributed by atoms with Crippen molar-refractivity contribution in [2.24, 2.45) is 0 Å². The first-order chi connectivity index (χ1) is 33.1. The number of aromatic nitrogens is 2. The average Bonchev–Trinajstić information content (AvgIpc) is 3.65. The van der Waals surface area contributed by atoms with Crippen LogP contribution in [0.1, 0.15) is 66.4 Å². The minimum Gasteiger partial charge on any atom is -0.494 e. The Balaban J connectivity index is 0.819. The smallest absolute Gasteiger partial charge is 0.283 e. The van der Waals surface area contributed by atoms with Crippen molar-refractivity contribution >= 4 is 82.2 Å². The van der Waals surface area contributed by atoms with E-state index >= 15 is 0 Å². The number of fused-ring (bicyclic) bond motifs is 1. The van der Waals surface area contributed by atoms with Crippen LogP contribution in [0.25, 0.3) is 0 Å². The maximum absolute atomic E-state index is 14.1. The van der Waals surface area contributed by atoms with Crippen LogP contribution >= 0.6 is 18.7 Å². The molecule has 1 aromatic heterocycles. The number of benzene rings is 3. The fraction of sp³-hybridized carbons (Fsp3) is 0.400. The summed E-state index contributed by atoms with van der Waals surface area (Å²) < 4.78 is 33.0. The highest BCUT2D eigenvalue weighted by atomic mass is 35.5. The molecule has 4 amide bonds. The molecule has 19 heteroatoms. The Morgan fingerprint density at radius 3 is 2.46 bits per heavy atom. The molecule has 0 spiro atoms. The molecule has 4 aliphatic heterocycles. The van der Waals surface area contributed by atoms with Gasteiger partial charge in [-0.15, -0.1) is 0 Å². The maximum Gasteiger partial charge on any atom is 0.283 e. The number of amides is 4. The van der Waals surface area contributed by atoms with E-state index in [2.05, 4.69) is 64.4 Å². The molecule has 3 aromatic carbocycles. The average molecular weight is 979 g/mol. The molecule has 4 aromatic rings. The number of rotatable bonds is 15. The number of nitrogens with one attached hydrogen (secondary N) is 4. The van der Waals surface area contributed by atoms with Crippen LogP contribution in [0.2, 0.25) is 5.02 Å². The molecule has 3 saturated heterocycles. The molecule has 3 fully saturated rings. The minimum absolute atomic E-state index is 0.163. The fourth-order valence-corrected chi connectivity index (χ4v) is 10.7. The molecule has 1 unspecified atom stereocenters. The molecular weight excluding hydrogens is 922 g/mol. The Hall–Kier alpha value is -6.31. The SMILES string of the molecule is C=C(F)C(=O)Nc1cc(Nc2ncc(Cl)c(Nc3ccccc3P(C)(C)=O)n2)c(OC)cc1N1CCC(N2CCN(CCCCC#Cc3ccc4c(c3)CN(C3CCC(=O)NC3=O)C4=O)CC2)CC1. The van der Waals surface area contributed by atoms with Crippen LogP contribution in [0.15, 0.2) is 73.2 Å². The molecule has 8 rings (SSSR count). The third-order valence-corrected chi connectivity index (χ3v) is 14.9. The van der Waals surface area contributed by atoms with Gasteiger partial charge in [0, 0.05) is 87.2 Å². The lowest BCUT2D eigenvalue weighted by molar-refractivity contribution is -0.137. The summed E-state index contributed by atoms with van der Waals surface area (Å²) in [6, 6.07) is 16.1. The topological polar surface area (TPSA) is 181 Å². The Morgan fingerprint density at radius 2 is 1.74 bits per heavy atom. The third-order valence-electron chi connectivity index (χ3n) is 13.1. The van der Waals surface area contributed by atoms with E-state index < -0.39 is 30.8 Å². The lowest BCUT2D eigenvalue weighted by atomic mass is 10.0. The van der Waals surface area contributed by atoms with Crippen LogP contribution in [0.5, 0.6) is 5.75 Å². The molecule has 69 heavy (non-hydrogen) atoms. The van der Waals surface area contributed by atoms with E-state index in [-0.39, 0.29) is 35.0 Å². The zero-order valence-electron chi connectivity index (χ0n) is 39.1. The van der Waals surface area contributed by atoms with Gasteiger partial charge < -0.3 is 40.0 Å². The lowest BCUT2D eigenvalue weighted by Crippen LogP contribution is -2.53. The molecular formula is C50H57ClFN10O6P. The van der Waals surface area contributed by atoms with Gasteiger partial charge in [-0.3, -0.25) is 29.4 Å². The molecule has 4 aliphatic rings. The van der Waals surface area contributed by atoms with E-state index in [0.717, 1.165) is 76.0 Å². The van der Waals surface area contributed by atoms with Gasteiger partial charge in [0.05, 0.1) is 36.1 Å². The summed E-state index contributed by atoms with van der Waals surface area (Å²) in [5, 5.41) is 12.3. The van der Waals surface area contributed by atoms with E-state index in [1.165, 1.54) is 13.3 Å². The van der Waals surface area contributed by atoms with E-state index in [1.807, 2.05) is 30.3 Å². The summed E-state index contributed by atoms with van der Waals surface area (Å²) in [4.78, 5) is 67.5. The summed E-state index contributed by atoms with van der Waals surface area (Å²) in [5.41, 5.74) is 4.34. The quantitative estimate of drug-likeness (QED) is 0.0319. The van der Waals surface area contributed by atoms with Crippen molar-refractivity contribution in [2.75, 3.05) is 87.1 Å². The molecule has 362 valence electrons. The highest BCUT2D eigenvalue weighted by molar-refractivity contribution is 7.70. The van der Waals surface area contributed by atoms with E-state index in [0.29, 0.717) is 71.5 Å². The predicted molar refractivity (Wildman–Crippen MR) is 267 cm³/mol. The highest BCUT2D eigenvalue weighted by Crippen LogP contribution is 2.41. The number of para-hydroxylation sites is 1. The van der Waals surface area contributed by atoms with Gasteiger partial charge >= 0.3 is 0 Å². The van der Waals surface area contributed by atoms with Crippen molar-refractivity contribution in [3.63, 3.8) is 0 Å². The number of hydrogen-bond donors (Lipinski definition) is 4. The molecule has 0 aliphatic carbocycles. The number of ether oxygens (including phenoxy) is 1. The number of imide groups is 1. The van der Waals surface area contributed by atoms with Crippen LogP contribution in [0.3, 0.4) is 0 Å². The van der Waals surface area contributed by atoms with Crippen molar-refractivity contribution in [1.29, 1.82) is 0 Å². The molecule has 4 N–H and O–H groups in total. The summed E-state index contributed by atoms with van der Waals surface area (Å²) in [6.45, 7) is 13.3. The molecule has 5 heterocycles. The Bertz CT molecular complexity index is 2760. The number of piperazine rings is 1. The molecule has 1 atom stereocenters. The van der Waals surface area contributed by atoms with Crippen molar-refractivity contribution in [1.82, 2.24) is 30.0 Å². The van der Waals surface area contributed by atoms with Crippen LogP contribution in [0.4, 0.5) is 38.9 Å². The van der Waals surface area contributed by atoms with Crippen molar-refractivity contribution in [3.8, 4) is 17.6 Å². The van der Waals surface area contributed by atoms with Crippen molar-refractivity contribution in [2.45, 2.75) is 63.6 Å². The highest BCUT2D eigenvalue weighted by Gasteiger charge is 2.39. The van der Waals surface area contributed by atoms with Gasteiger partial charge in [0.2, 0.25) is 17.8 Å². The number of halogens is 2. The Kier molecular flexibility index (Phi) is 15.3. The number of unbranched alkanes of at least 4 members (excludes halogenated alkanes) is 2. The van der Waals surface area contributed by atoms with Crippen LogP contribution < -0.4 is 36.2 Å². The van der Waals surface area contributed by atoms with Crippen LogP contribution in [0, 0.1) is 11.8 Å². The first-order valence-corrected chi connectivity index (χ1v) is 26.2.